The average molecular weight is 906 g/mol. The number of aliphatic hydroxyl groups excluding tert-OH is 7. The van der Waals surface area contributed by atoms with Crippen molar-refractivity contribution in [2.24, 2.45) is 29.4 Å². The molecule has 3 aliphatic heterocycles. The van der Waals surface area contributed by atoms with Crippen molar-refractivity contribution in [2.75, 3.05) is 0 Å². The molecule has 0 saturated carbocycles. The van der Waals surface area contributed by atoms with Crippen LogP contribution in [0.2, 0.25) is 0 Å². The molecule has 0 spiro atoms. The van der Waals surface area contributed by atoms with Crippen LogP contribution >= 0.6 is 0 Å². The number of ether oxygens (including phenoxy) is 4. The van der Waals surface area contributed by atoms with Gasteiger partial charge in [0.2, 0.25) is 0 Å². The van der Waals surface area contributed by atoms with E-state index in [1.54, 1.807) is 57.2 Å². The van der Waals surface area contributed by atoms with Crippen LogP contribution < -0.4 is 5.73 Å². The first-order valence-electron chi connectivity index (χ1n) is 22.5. The quantitative estimate of drug-likeness (QED) is 0.182. The van der Waals surface area contributed by atoms with Crippen LogP contribution in [0.25, 0.3) is 0 Å². The van der Waals surface area contributed by atoms with Gasteiger partial charge in [0, 0.05) is 37.1 Å². The van der Waals surface area contributed by atoms with Gasteiger partial charge < -0.3 is 70.6 Å². The second-order valence-electron chi connectivity index (χ2n) is 17.8. The highest BCUT2D eigenvalue weighted by molar-refractivity contribution is 5.71. The van der Waals surface area contributed by atoms with Crippen LogP contribution in [0.4, 0.5) is 0 Å². The fourth-order valence-corrected chi connectivity index (χ4v) is 8.06. The first-order valence-corrected chi connectivity index (χ1v) is 22.5. The molecule has 0 aromatic carbocycles. The number of hydrogen-bond donors (Lipinski definition) is 10. The molecule has 2 bridgehead atoms. The van der Waals surface area contributed by atoms with Crippen LogP contribution in [0.5, 0.6) is 0 Å². The van der Waals surface area contributed by atoms with E-state index >= 15 is 0 Å². The number of nitrogens with two attached hydrogens (primary N) is 1. The van der Waals surface area contributed by atoms with Gasteiger partial charge in [-0.05, 0) is 51.9 Å². The molecule has 18 atom stereocenters. The third-order valence-electron chi connectivity index (χ3n) is 12.4. The van der Waals surface area contributed by atoms with Gasteiger partial charge in [0.05, 0.1) is 61.4 Å². The SMILES string of the molecule is CC1OC(O[C@H]2/C=C/C=C/C=C/C=C/C=C/C=C/C=C/[C@H](C)[C@@H](O)[C@@H](C)[C@H](C)OC(=O)CC(O)CC(O)CC[C@@H](O)CCC(O)C[C@]3(O)C[C@H](O)[C@@H](C(=O)O)C(C2)O3)C(O)C(N)C1C. The third kappa shape index (κ3) is 18.5. The van der Waals surface area contributed by atoms with Gasteiger partial charge in [-0.3, -0.25) is 9.59 Å². The second kappa shape index (κ2) is 27.3. The van der Waals surface area contributed by atoms with Crippen molar-refractivity contribution in [3.63, 3.8) is 0 Å². The number of carboxylic acids is 1. The van der Waals surface area contributed by atoms with Gasteiger partial charge in [0.25, 0.3) is 0 Å². The Bertz CT molecular complexity index is 1630. The third-order valence-corrected chi connectivity index (χ3v) is 12.4. The molecule has 16 nitrogen and oxygen atoms in total. The first-order chi connectivity index (χ1) is 30.2. The summed E-state index contributed by atoms with van der Waals surface area (Å²) in [6.45, 7) is 8.93. The molecule has 0 aromatic rings. The fourth-order valence-electron chi connectivity index (χ4n) is 8.06. The van der Waals surface area contributed by atoms with Crippen molar-refractivity contribution in [2.45, 2.75) is 178 Å². The van der Waals surface area contributed by atoms with Crippen LogP contribution in [-0.4, -0.2) is 143 Å². The van der Waals surface area contributed by atoms with Gasteiger partial charge in [-0.2, -0.15) is 0 Å². The van der Waals surface area contributed by atoms with Gasteiger partial charge >= 0.3 is 11.9 Å². The van der Waals surface area contributed by atoms with Crippen molar-refractivity contribution in [3.8, 4) is 0 Å². The summed E-state index contributed by atoms with van der Waals surface area (Å²) < 4.78 is 23.6. The Labute approximate surface area is 377 Å². The Morgan fingerprint density at radius 1 is 0.672 bits per heavy atom. The minimum Gasteiger partial charge on any atom is -0.481 e. The summed E-state index contributed by atoms with van der Waals surface area (Å²) in [6, 6.07) is -0.681. The lowest BCUT2D eigenvalue weighted by Gasteiger charge is -2.45. The van der Waals surface area contributed by atoms with Crippen LogP contribution in [0, 0.1) is 23.7 Å². The Morgan fingerprint density at radius 3 is 1.78 bits per heavy atom. The van der Waals surface area contributed by atoms with Gasteiger partial charge in [-0.1, -0.05) is 106 Å². The summed E-state index contributed by atoms with van der Waals surface area (Å²) in [7, 11) is 0. The smallest absolute Gasteiger partial charge is 0.311 e. The molecular weight excluding hydrogens is 831 g/mol. The van der Waals surface area contributed by atoms with Crippen molar-refractivity contribution in [1.82, 2.24) is 0 Å². The number of rotatable bonds is 3. The van der Waals surface area contributed by atoms with E-state index in [4.69, 9.17) is 24.7 Å². The molecule has 0 amide bonds. The summed E-state index contributed by atoms with van der Waals surface area (Å²) in [4.78, 5) is 25.1. The maximum absolute atomic E-state index is 12.6. The van der Waals surface area contributed by atoms with Crippen molar-refractivity contribution in [3.05, 3.63) is 85.1 Å². The van der Waals surface area contributed by atoms with Crippen molar-refractivity contribution >= 4 is 11.9 Å². The van der Waals surface area contributed by atoms with E-state index in [1.165, 1.54) is 0 Å². The predicted octanol–water partition coefficient (Wildman–Crippen LogP) is 3.02. The first kappa shape index (κ1) is 55.0. The summed E-state index contributed by atoms with van der Waals surface area (Å²) in [5.74, 6) is -6.58. The predicted molar refractivity (Wildman–Crippen MR) is 239 cm³/mol. The monoisotopic (exact) mass is 906 g/mol. The minimum atomic E-state index is -2.17. The molecule has 64 heavy (non-hydrogen) atoms. The topological polar surface area (TPSA) is 279 Å². The number of esters is 1. The van der Waals surface area contributed by atoms with Crippen molar-refractivity contribution < 1.29 is 74.5 Å². The maximum Gasteiger partial charge on any atom is 0.311 e. The molecule has 16 heteroatoms. The largest absolute Gasteiger partial charge is 0.481 e. The molecule has 3 rings (SSSR count). The highest BCUT2D eigenvalue weighted by Crippen LogP contribution is 2.38. The lowest BCUT2D eigenvalue weighted by atomic mass is 9.83. The van der Waals surface area contributed by atoms with E-state index in [-0.39, 0.29) is 62.9 Å². The van der Waals surface area contributed by atoms with Gasteiger partial charge in [0.1, 0.15) is 18.1 Å². The number of aliphatic carboxylic acids is 1. The molecule has 2 fully saturated rings. The molecule has 362 valence electrons. The van der Waals surface area contributed by atoms with Gasteiger partial charge in [-0.15, -0.1) is 0 Å². The van der Waals surface area contributed by atoms with Crippen LogP contribution in [0.15, 0.2) is 85.1 Å². The fraction of sp³-hybridized carbons (Fsp3) is 0.667. The van der Waals surface area contributed by atoms with Crippen molar-refractivity contribution in [1.29, 1.82) is 0 Å². The molecule has 0 radical (unpaired) electrons. The zero-order chi connectivity index (χ0) is 47.6. The molecule has 3 heterocycles. The van der Waals surface area contributed by atoms with E-state index in [1.807, 2.05) is 62.5 Å². The molecule has 3 aliphatic rings. The number of carbonyl (C=O) groups excluding carboxylic acids is 1. The highest BCUT2D eigenvalue weighted by atomic mass is 16.7. The Hall–Kier alpha value is -3.36. The summed E-state index contributed by atoms with van der Waals surface area (Å²) >= 11 is 0. The summed E-state index contributed by atoms with van der Waals surface area (Å²) in [6.07, 6.45) is 10.7. The minimum absolute atomic E-state index is 0.0204. The highest BCUT2D eigenvalue weighted by Gasteiger charge is 2.50. The average Bonchev–Trinajstić information content (AvgIpc) is 3.21. The number of hydrogen-bond acceptors (Lipinski definition) is 15. The van der Waals surface area contributed by atoms with E-state index < -0.39 is 116 Å². The van der Waals surface area contributed by atoms with Gasteiger partial charge in [-0.25, -0.2) is 0 Å². The number of aliphatic hydroxyl groups is 8. The van der Waals surface area contributed by atoms with E-state index in [2.05, 4.69) is 0 Å². The second-order valence-corrected chi connectivity index (χ2v) is 17.8. The Balaban J connectivity index is 1.83. The Kier molecular flexibility index (Phi) is 23.5. The van der Waals surface area contributed by atoms with E-state index in [0.29, 0.717) is 0 Å². The summed E-state index contributed by atoms with van der Waals surface area (Å²) in [5, 5.41) is 97.3. The number of allylic oxidation sites excluding steroid dienone is 12. The molecule has 0 aromatic heterocycles. The number of carboxylic acid groups (broad SMARTS) is 1. The molecule has 11 N–H and O–H groups in total. The number of carbonyl (C=O) groups is 2. The molecular formula is C48H75NO15. The van der Waals surface area contributed by atoms with E-state index in [9.17, 15) is 55.5 Å². The number of cyclic esters (lactones) is 1. The van der Waals surface area contributed by atoms with E-state index in [0.717, 1.165) is 0 Å². The van der Waals surface area contributed by atoms with Crippen LogP contribution in [0.1, 0.15) is 92.4 Å². The molecule has 2 saturated heterocycles. The lowest BCUT2D eigenvalue weighted by Crippen LogP contribution is -2.58. The Morgan fingerprint density at radius 2 is 1.20 bits per heavy atom. The summed E-state index contributed by atoms with van der Waals surface area (Å²) in [5.41, 5.74) is 6.27. The zero-order valence-electron chi connectivity index (χ0n) is 37.8. The van der Waals surface area contributed by atoms with Crippen LogP contribution in [-0.2, 0) is 28.5 Å². The van der Waals surface area contributed by atoms with Gasteiger partial charge in [0.15, 0.2) is 12.1 Å². The van der Waals surface area contributed by atoms with Crippen LogP contribution in [0.3, 0.4) is 0 Å². The molecule has 0 aliphatic carbocycles. The lowest BCUT2D eigenvalue weighted by molar-refractivity contribution is -0.306. The zero-order valence-corrected chi connectivity index (χ0v) is 37.8. The maximum atomic E-state index is 12.6. The standard InChI is InChI=1S/C48H75NO15/c1-29-18-16-14-12-10-8-6-7-9-11-13-15-17-19-38(63-47-45(57)43(49)30(2)32(4)62-47)26-40-42(46(58)59)39(54)28-48(60,64-40)27-36(52)23-21-34(50)20-22-35(51)24-37(53)25-41(55)61-33(5)31(3)44(29)56/h6-19,29-40,42-45,47,50-54,56-57,60H,20-28,49H2,1-5H3,(H,58,59)/b7-6+,10-8+,11-9+,14-12+,15-13+,18-16+,19-17+/t29-,30?,31-,32?,33-,34+,35?,36?,37?,38-,39-,40?,42+,43?,44+,45?,47?,48+/m0/s1. The number of fused-ring (bicyclic) bond motifs is 2. The normalized spacial score (nSPS) is 44.8. The molecule has 9 unspecified atom stereocenters.